The summed E-state index contributed by atoms with van der Waals surface area (Å²) in [6, 6.07) is 16.0. The molecule has 6 nitrogen and oxygen atoms in total. The molecule has 1 saturated heterocycles. The number of nitrogens with one attached hydrogen (secondary N) is 1. The second-order valence-corrected chi connectivity index (χ2v) is 6.16. The average Bonchev–Trinajstić information content (AvgIpc) is 2.74. The zero-order chi connectivity index (χ0) is 19.3. The molecule has 1 aliphatic rings. The summed E-state index contributed by atoms with van der Waals surface area (Å²) in [5.74, 6) is 0.950. The van der Waals surface area contributed by atoms with E-state index in [1.807, 2.05) is 30.3 Å². The predicted octanol–water partition coefficient (Wildman–Crippen LogP) is 1.97. The number of piperazine rings is 1. The third kappa shape index (κ3) is 6.92. The molecule has 0 amide bonds. The fourth-order valence-corrected chi connectivity index (χ4v) is 2.92. The molecule has 0 aliphatic carbocycles. The minimum atomic E-state index is 0.365. The van der Waals surface area contributed by atoms with Crippen LogP contribution in [0.25, 0.3) is 0 Å². The summed E-state index contributed by atoms with van der Waals surface area (Å²) in [5, 5.41) is 3.36. The quantitative estimate of drug-likeness (QED) is 0.725. The molecule has 3 rings (SSSR count). The first-order valence-corrected chi connectivity index (χ1v) is 9.20. The Kier molecular flexibility index (Phi) is 9.17. The van der Waals surface area contributed by atoms with Gasteiger partial charge in [0.05, 0.1) is 7.11 Å². The van der Waals surface area contributed by atoms with Crippen LogP contribution in [0.15, 0.2) is 48.5 Å². The normalized spacial score (nSPS) is 13.3. The lowest BCUT2D eigenvalue weighted by Gasteiger charge is -2.30. The van der Waals surface area contributed by atoms with Crippen molar-refractivity contribution in [1.82, 2.24) is 5.32 Å². The van der Waals surface area contributed by atoms with E-state index in [4.69, 9.17) is 10.5 Å². The maximum atomic E-state index is 9.76. The smallest absolute Gasteiger partial charge is 0.293 e. The van der Waals surface area contributed by atoms with Gasteiger partial charge in [0.2, 0.25) is 0 Å². The van der Waals surface area contributed by atoms with Gasteiger partial charge in [-0.1, -0.05) is 36.4 Å². The molecule has 0 aromatic heterocycles. The highest BCUT2D eigenvalue weighted by molar-refractivity contribution is 5.54. The molecule has 2 aromatic rings. The van der Waals surface area contributed by atoms with Crippen molar-refractivity contribution in [3.63, 3.8) is 0 Å². The molecule has 146 valence electrons. The molecule has 0 bridgehead atoms. The first kappa shape index (κ1) is 20.7. The van der Waals surface area contributed by atoms with Crippen LogP contribution in [0.2, 0.25) is 0 Å². The average molecular weight is 371 g/mol. The zero-order valence-electron chi connectivity index (χ0n) is 15.9. The van der Waals surface area contributed by atoms with Crippen molar-refractivity contribution in [3.8, 4) is 5.75 Å². The van der Waals surface area contributed by atoms with Gasteiger partial charge in [0, 0.05) is 37.9 Å². The van der Waals surface area contributed by atoms with Crippen LogP contribution in [0.3, 0.4) is 0 Å². The van der Waals surface area contributed by atoms with E-state index in [1.165, 1.54) is 11.3 Å². The molecule has 3 N–H and O–H groups in total. The van der Waals surface area contributed by atoms with Gasteiger partial charge >= 0.3 is 0 Å². The Hall–Kier alpha value is -2.57. The number of anilines is 1. The lowest BCUT2D eigenvalue weighted by molar-refractivity contribution is -0.129. The summed E-state index contributed by atoms with van der Waals surface area (Å²) < 4.78 is 9.97. The Morgan fingerprint density at radius 1 is 1.15 bits per heavy atom. The number of benzene rings is 2. The van der Waals surface area contributed by atoms with E-state index >= 15 is 0 Å². The number of nitrogens with zero attached hydrogens (tertiary/aromatic N) is 1. The molecule has 0 spiro atoms. The molecular formula is C21H29N3O3. The monoisotopic (exact) mass is 371 g/mol. The van der Waals surface area contributed by atoms with Gasteiger partial charge in [0.1, 0.15) is 12.4 Å². The van der Waals surface area contributed by atoms with Crippen molar-refractivity contribution < 1.29 is 14.3 Å². The Labute approximate surface area is 161 Å². The molecule has 0 saturated carbocycles. The zero-order valence-corrected chi connectivity index (χ0v) is 15.9. The maximum Gasteiger partial charge on any atom is 0.293 e. The van der Waals surface area contributed by atoms with Crippen LogP contribution in [0.4, 0.5) is 5.69 Å². The summed E-state index contributed by atoms with van der Waals surface area (Å²) in [6.45, 7) is 5.68. The molecular weight excluding hydrogens is 342 g/mol. The van der Waals surface area contributed by atoms with Crippen LogP contribution < -0.4 is 20.7 Å². The molecule has 0 unspecified atom stereocenters. The van der Waals surface area contributed by atoms with E-state index in [0.717, 1.165) is 43.9 Å². The molecule has 0 atom stereocenters. The van der Waals surface area contributed by atoms with Crippen molar-refractivity contribution in [2.75, 3.05) is 44.7 Å². The number of nitrogens with two attached hydrogens (primary N) is 1. The summed E-state index contributed by atoms with van der Waals surface area (Å²) in [5.41, 5.74) is 9.03. The Balaban J connectivity index is 0.000000223. The summed E-state index contributed by atoms with van der Waals surface area (Å²) >= 11 is 0. The number of carbonyl (C=O) groups excluding carboxylic acids is 1. The Bertz CT molecular complexity index is 674. The van der Waals surface area contributed by atoms with Crippen LogP contribution >= 0.6 is 0 Å². The van der Waals surface area contributed by atoms with Gasteiger partial charge in [-0.2, -0.15) is 0 Å². The van der Waals surface area contributed by atoms with Gasteiger partial charge < -0.3 is 25.4 Å². The minimum absolute atomic E-state index is 0.365. The van der Waals surface area contributed by atoms with E-state index in [1.54, 1.807) is 7.11 Å². The number of hydrogen-bond acceptors (Lipinski definition) is 6. The van der Waals surface area contributed by atoms with Gasteiger partial charge in [-0.3, -0.25) is 4.79 Å². The van der Waals surface area contributed by atoms with E-state index in [9.17, 15) is 4.79 Å². The van der Waals surface area contributed by atoms with Crippen molar-refractivity contribution in [2.45, 2.75) is 13.0 Å². The van der Waals surface area contributed by atoms with Crippen molar-refractivity contribution in [3.05, 3.63) is 59.7 Å². The molecule has 6 heteroatoms. The molecule has 1 aliphatic heterocycles. The van der Waals surface area contributed by atoms with E-state index in [-0.39, 0.29) is 0 Å². The predicted molar refractivity (Wildman–Crippen MR) is 108 cm³/mol. The first-order chi connectivity index (χ1) is 13.3. The maximum absolute atomic E-state index is 9.76. The lowest BCUT2D eigenvalue weighted by Crippen LogP contribution is -2.43. The van der Waals surface area contributed by atoms with Gasteiger partial charge in [-0.25, -0.2) is 0 Å². The number of ether oxygens (including phenoxy) is 2. The van der Waals surface area contributed by atoms with Crippen LogP contribution in [0, 0.1) is 0 Å². The van der Waals surface area contributed by atoms with Gasteiger partial charge in [0.15, 0.2) is 0 Å². The number of hydrogen-bond donors (Lipinski definition) is 2. The molecule has 1 heterocycles. The minimum Gasteiger partial charge on any atom is -0.496 e. The van der Waals surface area contributed by atoms with Crippen LogP contribution in [-0.2, 0) is 22.6 Å². The summed E-state index contributed by atoms with van der Waals surface area (Å²) in [7, 11) is 1.72. The first-order valence-electron chi connectivity index (χ1n) is 9.20. The number of methoxy groups -OCH3 is 1. The van der Waals surface area contributed by atoms with Crippen LogP contribution in [0.5, 0.6) is 5.75 Å². The van der Waals surface area contributed by atoms with Gasteiger partial charge in [-0.15, -0.1) is 0 Å². The van der Waals surface area contributed by atoms with E-state index in [0.29, 0.717) is 19.6 Å². The third-order valence-corrected chi connectivity index (χ3v) is 4.33. The van der Waals surface area contributed by atoms with Crippen molar-refractivity contribution in [1.29, 1.82) is 0 Å². The van der Waals surface area contributed by atoms with Gasteiger partial charge in [-0.05, 0) is 30.2 Å². The van der Waals surface area contributed by atoms with E-state index in [2.05, 4.69) is 33.2 Å². The largest absolute Gasteiger partial charge is 0.496 e. The summed E-state index contributed by atoms with van der Waals surface area (Å²) in [6.07, 6.45) is 0.866. The topological polar surface area (TPSA) is 76.8 Å². The van der Waals surface area contributed by atoms with Crippen LogP contribution in [-0.4, -0.2) is 46.3 Å². The second kappa shape index (κ2) is 11.9. The van der Waals surface area contributed by atoms with Crippen LogP contribution in [0.1, 0.15) is 11.1 Å². The molecule has 27 heavy (non-hydrogen) atoms. The highest BCUT2D eigenvalue weighted by Gasteiger charge is 2.12. The van der Waals surface area contributed by atoms with Gasteiger partial charge in [0.25, 0.3) is 6.47 Å². The highest BCUT2D eigenvalue weighted by atomic mass is 16.5. The molecule has 0 radical (unpaired) electrons. The van der Waals surface area contributed by atoms with Crippen molar-refractivity contribution in [2.24, 2.45) is 5.73 Å². The molecule has 2 aromatic carbocycles. The molecule has 1 fully saturated rings. The fraction of sp³-hybridized carbons (Fsp3) is 0.381. The van der Waals surface area contributed by atoms with Crippen molar-refractivity contribution >= 4 is 12.2 Å². The standard InChI is InChI=1S/C13H21N3O.C8H8O2/c1-17-13-10-12(3-2-11(13)4-5-14)16-8-6-15-7-9-16;9-7-10-6-8-4-2-1-3-5-8/h2-3,10,15H,4-9,14H2,1H3;1-5,7H,6H2. The highest BCUT2D eigenvalue weighted by Crippen LogP contribution is 2.26. The van der Waals surface area contributed by atoms with E-state index < -0.39 is 0 Å². The second-order valence-electron chi connectivity index (χ2n) is 6.16. The lowest BCUT2D eigenvalue weighted by atomic mass is 10.1. The summed E-state index contributed by atoms with van der Waals surface area (Å²) in [4.78, 5) is 12.1. The number of carbonyl (C=O) groups is 1. The SMILES string of the molecule is COc1cc(N2CCNCC2)ccc1CCN.O=COCc1ccccc1. The Morgan fingerprint density at radius 2 is 1.89 bits per heavy atom. The number of rotatable bonds is 7. The Morgan fingerprint density at radius 3 is 2.52 bits per heavy atom. The third-order valence-electron chi connectivity index (χ3n) is 4.33. The fourth-order valence-electron chi connectivity index (χ4n) is 2.92.